The summed E-state index contributed by atoms with van der Waals surface area (Å²) < 4.78 is 68.6. The first-order chi connectivity index (χ1) is 48.9. The van der Waals surface area contributed by atoms with Gasteiger partial charge in [-0.3, -0.25) is 37.3 Å². The average Bonchev–Trinajstić information content (AvgIpc) is 0.944. The van der Waals surface area contributed by atoms with E-state index in [0.717, 1.165) is 115 Å². The van der Waals surface area contributed by atoms with Gasteiger partial charge in [-0.05, 0) is 37.5 Å². The van der Waals surface area contributed by atoms with E-state index in [4.69, 9.17) is 37.0 Å². The fraction of sp³-hybridized carbons (Fsp3) is 0.951. The van der Waals surface area contributed by atoms with Crippen molar-refractivity contribution in [2.45, 2.75) is 452 Å². The molecule has 0 rings (SSSR count). The zero-order chi connectivity index (χ0) is 74.2. The number of hydrogen-bond acceptors (Lipinski definition) is 15. The molecule has 5 atom stereocenters. The second-order valence-electron chi connectivity index (χ2n) is 30.5. The minimum Gasteiger partial charge on any atom is -0.462 e. The SMILES string of the molecule is CCCCCCCCCCCCCCCCCCCCCCCCC(=O)O[C@H](COC(=O)CCCCCCCCCCCCCCCCCC(C)C)COP(=O)(O)OC[C@@H](O)COP(=O)(O)OC[C@@H](COC(=O)CCCCCCCCC)OC(=O)CCCCCCCCCCCCCC(C)C. The van der Waals surface area contributed by atoms with Gasteiger partial charge in [0.05, 0.1) is 26.4 Å². The van der Waals surface area contributed by atoms with Crippen LogP contribution < -0.4 is 0 Å². The van der Waals surface area contributed by atoms with Crippen LogP contribution >= 0.6 is 15.6 Å². The first-order valence-corrected chi connectivity index (χ1v) is 45.5. The molecule has 0 bridgehead atoms. The van der Waals surface area contributed by atoms with Gasteiger partial charge >= 0.3 is 39.5 Å². The van der Waals surface area contributed by atoms with E-state index in [0.29, 0.717) is 25.7 Å². The molecule has 0 aliphatic rings. The summed E-state index contributed by atoms with van der Waals surface area (Å²) in [6.07, 6.45) is 64.1. The molecule has 2 unspecified atom stereocenters. The summed E-state index contributed by atoms with van der Waals surface area (Å²) in [4.78, 5) is 72.9. The van der Waals surface area contributed by atoms with Crippen molar-refractivity contribution in [3.8, 4) is 0 Å². The molecular weight excluding hydrogens is 1320 g/mol. The standard InChI is InChI=1S/C82H160O17P2/c1-7-9-11-13-15-16-17-18-19-20-21-22-23-24-25-28-32-37-42-48-54-60-66-81(86)99-78(71-93-80(85)65-59-53-47-41-36-31-29-26-27-30-34-39-45-50-56-62-74(3)4)73-97-101(90,91)95-69-76(83)68-94-100(88,89)96-72-77(70-92-79(84)64-58-52-44-14-12-10-8-2)98-82(87)67-61-55-49-43-38-33-35-40-46-51-57-63-75(5)6/h74-78,83H,7-73H2,1-6H3,(H,88,89)(H,90,91)/t76-,77+,78+/m0/s1. The highest BCUT2D eigenvalue weighted by Gasteiger charge is 2.30. The van der Waals surface area contributed by atoms with Crippen LogP contribution in [0.15, 0.2) is 0 Å². The predicted molar refractivity (Wildman–Crippen MR) is 414 cm³/mol. The number of rotatable bonds is 81. The third-order valence-corrected chi connectivity index (χ3v) is 21.1. The molecule has 0 amide bonds. The summed E-state index contributed by atoms with van der Waals surface area (Å²) in [5.41, 5.74) is 0. The fourth-order valence-electron chi connectivity index (χ4n) is 12.7. The Morgan fingerprint density at radius 2 is 0.455 bits per heavy atom. The third-order valence-electron chi connectivity index (χ3n) is 19.2. The lowest BCUT2D eigenvalue weighted by molar-refractivity contribution is -0.161. The number of carbonyl (C=O) groups is 4. The van der Waals surface area contributed by atoms with Gasteiger partial charge in [-0.2, -0.15) is 0 Å². The van der Waals surface area contributed by atoms with Gasteiger partial charge in [0.2, 0.25) is 0 Å². The normalized spacial score (nSPS) is 13.9. The van der Waals surface area contributed by atoms with Gasteiger partial charge in [0, 0.05) is 25.7 Å². The maximum absolute atomic E-state index is 13.1. The van der Waals surface area contributed by atoms with Gasteiger partial charge in [-0.15, -0.1) is 0 Å². The number of aliphatic hydroxyl groups excluding tert-OH is 1. The lowest BCUT2D eigenvalue weighted by Crippen LogP contribution is -2.30. The first kappa shape index (κ1) is 99.1. The van der Waals surface area contributed by atoms with Crippen LogP contribution in [-0.4, -0.2) is 96.7 Å². The fourth-order valence-corrected chi connectivity index (χ4v) is 14.3. The van der Waals surface area contributed by atoms with Crippen molar-refractivity contribution >= 4 is 39.5 Å². The smallest absolute Gasteiger partial charge is 0.462 e. The van der Waals surface area contributed by atoms with Crippen molar-refractivity contribution in [1.29, 1.82) is 0 Å². The molecule has 0 aromatic rings. The number of phosphoric ester groups is 2. The monoisotopic (exact) mass is 1480 g/mol. The minimum absolute atomic E-state index is 0.106. The molecule has 0 saturated carbocycles. The molecular formula is C82H160O17P2. The average molecular weight is 1480 g/mol. The summed E-state index contributed by atoms with van der Waals surface area (Å²) in [5, 5.41) is 10.6. The van der Waals surface area contributed by atoms with Crippen LogP contribution in [0.2, 0.25) is 0 Å². The molecule has 0 heterocycles. The Morgan fingerprint density at radius 1 is 0.267 bits per heavy atom. The molecule has 19 heteroatoms. The lowest BCUT2D eigenvalue weighted by atomic mass is 10.0. The Hall–Kier alpha value is -1.94. The number of phosphoric acid groups is 2. The van der Waals surface area contributed by atoms with Crippen LogP contribution in [0.1, 0.15) is 433 Å². The Kier molecular flexibility index (Phi) is 72.2. The van der Waals surface area contributed by atoms with E-state index in [2.05, 4.69) is 41.5 Å². The van der Waals surface area contributed by atoms with Gasteiger partial charge in [-0.1, -0.05) is 382 Å². The van der Waals surface area contributed by atoms with E-state index < -0.39 is 97.5 Å². The molecule has 101 heavy (non-hydrogen) atoms. The first-order valence-electron chi connectivity index (χ1n) is 42.5. The molecule has 0 aromatic heterocycles. The highest BCUT2D eigenvalue weighted by molar-refractivity contribution is 7.47. The highest BCUT2D eigenvalue weighted by atomic mass is 31.2. The molecule has 600 valence electrons. The van der Waals surface area contributed by atoms with E-state index >= 15 is 0 Å². The second-order valence-corrected chi connectivity index (χ2v) is 33.4. The summed E-state index contributed by atoms with van der Waals surface area (Å²) in [5.74, 6) is -0.542. The van der Waals surface area contributed by atoms with Gasteiger partial charge in [0.25, 0.3) is 0 Å². The van der Waals surface area contributed by atoms with Crippen molar-refractivity contribution in [2.75, 3.05) is 39.6 Å². The highest BCUT2D eigenvalue weighted by Crippen LogP contribution is 2.45. The van der Waals surface area contributed by atoms with Gasteiger partial charge in [-0.25, -0.2) is 9.13 Å². The van der Waals surface area contributed by atoms with E-state index in [-0.39, 0.29) is 25.7 Å². The molecule has 0 saturated heterocycles. The van der Waals surface area contributed by atoms with Gasteiger partial charge in [0.15, 0.2) is 12.2 Å². The minimum atomic E-state index is -4.96. The van der Waals surface area contributed by atoms with Crippen LogP contribution in [0, 0.1) is 11.8 Å². The molecule has 0 fully saturated rings. The summed E-state index contributed by atoms with van der Waals surface area (Å²) >= 11 is 0. The number of esters is 4. The van der Waals surface area contributed by atoms with Crippen LogP contribution in [0.4, 0.5) is 0 Å². The lowest BCUT2D eigenvalue weighted by Gasteiger charge is -2.21. The number of hydrogen-bond donors (Lipinski definition) is 3. The van der Waals surface area contributed by atoms with Crippen LogP contribution in [0.5, 0.6) is 0 Å². The van der Waals surface area contributed by atoms with Crippen LogP contribution in [-0.2, 0) is 65.4 Å². The largest absolute Gasteiger partial charge is 0.472 e. The number of carbonyl (C=O) groups excluding carboxylic acids is 4. The zero-order valence-electron chi connectivity index (χ0n) is 66.2. The Labute approximate surface area is 619 Å². The van der Waals surface area contributed by atoms with Crippen LogP contribution in [0.25, 0.3) is 0 Å². The Morgan fingerprint density at radius 3 is 0.673 bits per heavy atom. The van der Waals surface area contributed by atoms with Gasteiger partial charge < -0.3 is 33.8 Å². The van der Waals surface area contributed by atoms with Gasteiger partial charge in [0.1, 0.15) is 19.3 Å². The molecule has 0 aliphatic heterocycles. The summed E-state index contributed by atoms with van der Waals surface area (Å²) in [6.45, 7) is 9.62. The third kappa shape index (κ3) is 76.1. The van der Waals surface area contributed by atoms with E-state index in [9.17, 15) is 43.2 Å². The maximum Gasteiger partial charge on any atom is 0.472 e. The molecule has 3 N–H and O–H groups in total. The topological polar surface area (TPSA) is 237 Å². The summed E-state index contributed by atoms with van der Waals surface area (Å²) in [6, 6.07) is 0. The van der Waals surface area contributed by atoms with Crippen molar-refractivity contribution in [2.24, 2.45) is 11.8 Å². The van der Waals surface area contributed by atoms with Crippen LogP contribution in [0.3, 0.4) is 0 Å². The number of aliphatic hydroxyl groups is 1. The van der Waals surface area contributed by atoms with Crippen molar-refractivity contribution in [3.05, 3.63) is 0 Å². The van der Waals surface area contributed by atoms with E-state index in [1.807, 2.05) is 0 Å². The number of unbranched alkanes of at least 4 members (excludes halogenated alkanes) is 51. The molecule has 0 radical (unpaired) electrons. The van der Waals surface area contributed by atoms with Crippen molar-refractivity contribution in [3.63, 3.8) is 0 Å². The second kappa shape index (κ2) is 73.6. The van der Waals surface area contributed by atoms with Crippen molar-refractivity contribution in [1.82, 2.24) is 0 Å². The Bertz CT molecular complexity index is 1940. The summed E-state index contributed by atoms with van der Waals surface area (Å²) in [7, 11) is -9.91. The maximum atomic E-state index is 13.1. The van der Waals surface area contributed by atoms with E-state index in [1.165, 1.54) is 238 Å². The quantitative estimate of drug-likeness (QED) is 0.0222. The van der Waals surface area contributed by atoms with Crippen molar-refractivity contribution < 1.29 is 80.2 Å². The molecule has 17 nitrogen and oxygen atoms in total. The molecule has 0 aromatic carbocycles. The number of ether oxygens (including phenoxy) is 4. The molecule has 0 spiro atoms. The molecule has 0 aliphatic carbocycles. The Balaban J connectivity index is 5.16. The predicted octanol–water partition coefficient (Wildman–Crippen LogP) is 24.7. The zero-order valence-corrected chi connectivity index (χ0v) is 68.0. The van der Waals surface area contributed by atoms with E-state index in [1.54, 1.807) is 0 Å².